The van der Waals surface area contributed by atoms with Gasteiger partial charge in [-0.25, -0.2) is 0 Å². The van der Waals surface area contributed by atoms with Gasteiger partial charge < -0.3 is 4.74 Å². The van der Waals surface area contributed by atoms with Crippen molar-refractivity contribution in [3.8, 4) is 0 Å². The SMILES string of the molecule is CC1CC(=O)N(CCOCCS)C(=O)C1. The summed E-state index contributed by atoms with van der Waals surface area (Å²) in [5.74, 6) is 0.680. The van der Waals surface area contributed by atoms with Crippen LogP contribution in [0.4, 0.5) is 0 Å². The van der Waals surface area contributed by atoms with Gasteiger partial charge in [-0.2, -0.15) is 12.6 Å². The second-order valence-electron chi connectivity index (χ2n) is 3.79. The summed E-state index contributed by atoms with van der Waals surface area (Å²) in [5.41, 5.74) is 0. The van der Waals surface area contributed by atoms with Crippen LogP contribution in [0.2, 0.25) is 0 Å². The minimum Gasteiger partial charge on any atom is -0.379 e. The number of carbonyl (C=O) groups is 2. The van der Waals surface area contributed by atoms with E-state index in [1.54, 1.807) is 0 Å². The summed E-state index contributed by atoms with van der Waals surface area (Å²) in [4.78, 5) is 24.3. The van der Waals surface area contributed by atoms with Crippen molar-refractivity contribution in [2.75, 3.05) is 25.5 Å². The molecule has 0 radical (unpaired) electrons. The Hall–Kier alpha value is -0.550. The van der Waals surface area contributed by atoms with E-state index >= 15 is 0 Å². The summed E-state index contributed by atoms with van der Waals surface area (Å²) in [5, 5.41) is 0. The molecule has 1 aliphatic rings. The molecule has 0 N–H and O–H groups in total. The van der Waals surface area contributed by atoms with Gasteiger partial charge in [0.05, 0.1) is 19.8 Å². The lowest BCUT2D eigenvalue weighted by molar-refractivity contribution is -0.150. The first-order valence-corrected chi connectivity index (χ1v) is 5.80. The summed E-state index contributed by atoms with van der Waals surface area (Å²) < 4.78 is 5.19. The standard InChI is InChI=1S/C10H17NO3S/c1-8-6-9(12)11(10(13)7-8)2-3-14-4-5-15/h8,15H,2-7H2,1H3. The molecule has 0 saturated carbocycles. The van der Waals surface area contributed by atoms with Gasteiger partial charge >= 0.3 is 0 Å². The highest BCUT2D eigenvalue weighted by Crippen LogP contribution is 2.18. The zero-order valence-electron chi connectivity index (χ0n) is 8.94. The van der Waals surface area contributed by atoms with Crippen molar-refractivity contribution in [3.63, 3.8) is 0 Å². The first-order valence-electron chi connectivity index (χ1n) is 5.17. The third-order valence-corrected chi connectivity index (χ3v) is 2.53. The van der Waals surface area contributed by atoms with E-state index in [2.05, 4.69) is 12.6 Å². The Morgan fingerprint density at radius 2 is 1.93 bits per heavy atom. The number of piperidine rings is 1. The van der Waals surface area contributed by atoms with E-state index in [-0.39, 0.29) is 17.7 Å². The molecule has 0 spiro atoms. The fourth-order valence-corrected chi connectivity index (χ4v) is 1.73. The molecule has 2 amide bonds. The molecule has 1 saturated heterocycles. The number of amides is 2. The monoisotopic (exact) mass is 231 g/mol. The Morgan fingerprint density at radius 3 is 2.47 bits per heavy atom. The van der Waals surface area contributed by atoms with E-state index in [1.165, 1.54) is 4.90 Å². The second-order valence-corrected chi connectivity index (χ2v) is 4.24. The summed E-state index contributed by atoms with van der Waals surface area (Å²) in [6, 6.07) is 0. The van der Waals surface area contributed by atoms with Crippen molar-refractivity contribution < 1.29 is 14.3 Å². The maximum Gasteiger partial charge on any atom is 0.229 e. The van der Waals surface area contributed by atoms with Crippen LogP contribution in [0.3, 0.4) is 0 Å². The van der Waals surface area contributed by atoms with E-state index in [0.29, 0.717) is 38.4 Å². The van der Waals surface area contributed by atoms with E-state index in [0.717, 1.165) is 0 Å². The molecule has 0 unspecified atom stereocenters. The summed E-state index contributed by atoms with van der Waals surface area (Å²) in [6.07, 6.45) is 0.941. The van der Waals surface area contributed by atoms with E-state index in [1.807, 2.05) is 6.92 Å². The minimum absolute atomic E-state index is 0.0757. The van der Waals surface area contributed by atoms with Crippen LogP contribution in [0.25, 0.3) is 0 Å². The predicted molar refractivity (Wildman–Crippen MR) is 59.8 cm³/mol. The third-order valence-electron chi connectivity index (χ3n) is 2.34. The van der Waals surface area contributed by atoms with Crippen LogP contribution < -0.4 is 0 Å². The van der Waals surface area contributed by atoms with Crippen LogP contribution in [-0.4, -0.2) is 42.2 Å². The van der Waals surface area contributed by atoms with Crippen molar-refractivity contribution in [1.82, 2.24) is 4.90 Å². The Bertz CT molecular complexity index is 227. The van der Waals surface area contributed by atoms with Gasteiger partial charge in [-0.05, 0) is 5.92 Å². The van der Waals surface area contributed by atoms with Crippen molar-refractivity contribution in [3.05, 3.63) is 0 Å². The molecule has 1 aliphatic heterocycles. The molecule has 0 aromatic rings. The quantitative estimate of drug-likeness (QED) is 0.431. The lowest BCUT2D eigenvalue weighted by atomic mass is 9.98. The first-order chi connectivity index (χ1) is 7.15. The lowest BCUT2D eigenvalue weighted by Crippen LogP contribution is -2.44. The van der Waals surface area contributed by atoms with Crippen LogP contribution in [0, 0.1) is 5.92 Å². The number of likely N-dealkylation sites (tertiary alicyclic amines) is 1. The molecule has 1 heterocycles. The summed E-state index contributed by atoms with van der Waals surface area (Å²) in [7, 11) is 0. The number of hydrogen-bond acceptors (Lipinski definition) is 4. The largest absolute Gasteiger partial charge is 0.379 e. The molecular weight excluding hydrogens is 214 g/mol. The lowest BCUT2D eigenvalue weighted by Gasteiger charge is -2.28. The van der Waals surface area contributed by atoms with E-state index < -0.39 is 0 Å². The number of thiol groups is 1. The van der Waals surface area contributed by atoms with Crippen molar-refractivity contribution in [2.24, 2.45) is 5.92 Å². The molecule has 15 heavy (non-hydrogen) atoms. The topological polar surface area (TPSA) is 46.6 Å². The number of rotatable bonds is 5. The predicted octanol–water partition coefficient (Wildman–Crippen LogP) is 0.718. The third kappa shape index (κ3) is 3.83. The van der Waals surface area contributed by atoms with Gasteiger partial charge in [-0.1, -0.05) is 6.92 Å². The maximum absolute atomic E-state index is 11.5. The van der Waals surface area contributed by atoms with Crippen LogP contribution in [0.15, 0.2) is 0 Å². The molecule has 4 nitrogen and oxygen atoms in total. The second kappa shape index (κ2) is 6.12. The molecule has 0 bridgehead atoms. The van der Waals surface area contributed by atoms with E-state index in [9.17, 15) is 9.59 Å². The number of imide groups is 1. The highest BCUT2D eigenvalue weighted by atomic mass is 32.1. The van der Waals surface area contributed by atoms with E-state index in [4.69, 9.17) is 4.74 Å². The van der Waals surface area contributed by atoms with Crippen molar-refractivity contribution in [2.45, 2.75) is 19.8 Å². The molecule has 5 heteroatoms. The Labute approximate surface area is 95.4 Å². The normalized spacial score (nSPS) is 18.7. The maximum atomic E-state index is 11.5. The highest BCUT2D eigenvalue weighted by Gasteiger charge is 2.29. The first kappa shape index (κ1) is 12.5. The molecule has 0 atom stereocenters. The van der Waals surface area contributed by atoms with Crippen molar-refractivity contribution in [1.29, 1.82) is 0 Å². The van der Waals surface area contributed by atoms with Gasteiger partial charge in [-0.15, -0.1) is 0 Å². The Morgan fingerprint density at radius 1 is 1.33 bits per heavy atom. The van der Waals surface area contributed by atoms with Gasteiger partial charge in [0.25, 0.3) is 0 Å². The molecule has 0 aromatic heterocycles. The minimum atomic E-state index is -0.0757. The number of hydrogen-bond donors (Lipinski definition) is 1. The fourth-order valence-electron chi connectivity index (χ4n) is 1.60. The average Bonchev–Trinajstić information content (AvgIpc) is 2.15. The van der Waals surface area contributed by atoms with Gasteiger partial charge in [0, 0.05) is 18.6 Å². The summed E-state index contributed by atoms with van der Waals surface area (Å²) >= 11 is 4.00. The van der Waals surface area contributed by atoms with Crippen LogP contribution in [0.5, 0.6) is 0 Å². The van der Waals surface area contributed by atoms with Crippen LogP contribution in [-0.2, 0) is 14.3 Å². The van der Waals surface area contributed by atoms with Crippen LogP contribution >= 0.6 is 12.6 Å². The number of nitrogens with zero attached hydrogens (tertiary/aromatic N) is 1. The number of carbonyl (C=O) groups excluding carboxylic acids is 2. The fraction of sp³-hybridized carbons (Fsp3) is 0.800. The zero-order chi connectivity index (χ0) is 11.3. The molecule has 0 aromatic carbocycles. The Kier molecular flexibility index (Phi) is 5.11. The molecular formula is C10H17NO3S. The molecule has 86 valence electrons. The van der Waals surface area contributed by atoms with Gasteiger partial charge in [0.15, 0.2) is 0 Å². The van der Waals surface area contributed by atoms with Crippen molar-refractivity contribution >= 4 is 24.4 Å². The van der Waals surface area contributed by atoms with Crippen LogP contribution in [0.1, 0.15) is 19.8 Å². The van der Waals surface area contributed by atoms with Gasteiger partial charge in [0.2, 0.25) is 11.8 Å². The average molecular weight is 231 g/mol. The zero-order valence-corrected chi connectivity index (χ0v) is 9.83. The molecule has 1 fully saturated rings. The number of ether oxygens (including phenoxy) is 1. The highest BCUT2D eigenvalue weighted by molar-refractivity contribution is 7.80. The van der Waals surface area contributed by atoms with Gasteiger partial charge in [0.1, 0.15) is 0 Å². The Balaban J connectivity index is 2.33. The molecule has 0 aliphatic carbocycles. The summed E-state index contributed by atoms with van der Waals surface area (Å²) in [6.45, 7) is 3.25. The van der Waals surface area contributed by atoms with Gasteiger partial charge in [-0.3, -0.25) is 14.5 Å². The molecule has 1 rings (SSSR count). The smallest absolute Gasteiger partial charge is 0.229 e.